The van der Waals surface area contributed by atoms with Crippen LogP contribution in [-0.2, 0) is 6.54 Å². The van der Waals surface area contributed by atoms with Crippen LogP contribution in [0.3, 0.4) is 0 Å². The molecule has 1 N–H and O–H groups in total. The van der Waals surface area contributed by atoms with Crippen molar-refractivity contribution in [2.45, 2.75) is 39.2 Å². The Kier molecular flexibility index (Phi) is 5.34. The molecular weight excluding hydrogens is 374 g/mol. The van der Waals surface area contributed by atoms with Crippen molar-refractivity contribution in [1.82, 2.24) is 19.9 Å². The highest BCUT2D eigenvalue weighted by Crippen LogP contribution is 2.41. The number of H-pyrrole nitrogens is 1. The molecule has 2 aromatic heterocycles. The third kappa shape index (κ3) is 3.88. The molecule has 3 aromatic rings. The topological polar surface area (TPSA) is 57.3 Å². The van der Waals surface area contributed by atoms with Crippen molar-refractivity contribution < 1.29 is 4.74 Å². The molecule has 1 spiro atoms. The summed E-state index contributed by atoms with van der Waals surface area (Å²) in [5.74, 6) is 1.48. The zero-order chi connectivity index (χ0) is 20.4. The number of fused-ring (bicyclic) bond motifs is 1. The standard InChI is InChI=1S/C24H31N5O/c1-2-30-22-8-12-25-23(27-22)29-14-10-24(11-15-29)9-5-13-28(18-24)17-19-16-26-21-7-4-3-6-20(19)21/h3-4,6-8,12,16,26H,2,5,9-11,13-15,17-18H2,1H3. The van der Waals surface area contributed by atoms with E-state index in [1.807, 2.05) is 13.0 Å². The first kappa shape index (κ1) is 19.4. The second kappa shape index (κ2) is 8.26. The molecule has 158 valence electrons. The van der Waals surface area contributed by atoms with E-state index < -0.39 is 0 Å². The molecule has 0 atom stereocenters. The first-order valence-electron chi connectivity index (χ1n) is 11.2. The summed E-state index contributed by atoms with van der Waals surface area (Å²) in [6.45, 7) is 8.09. The average Bonchev–Trinajstić information content (AvgIpc) is 3.18. The summed E-state index contributed by atoms with van der Waals surface area (Å²) in [7, 11) is 0. The molecule has 1 aromatic carbocycles. The summed E-state index contributed by atoms with van der Waals surface area (Å²) in [6.07, 6.45) is 9.04. The molecule has 6 nitrogen and oxygen atoms in total. The number of ether oxygens (including phenoxy) is 1. The van der Waals surface area contributed by atoms with Gasteiger partial charge in [0.15, 0.2) is 0 Å². The van der Waals surface area contributed by atoms with E-state index in [9.17, 15) is 0 Å². The fourth-order valence-corrected chi connectivity index (χ4v) is 5.25. The average molecular weight is 406 g/mol. The number of para-hydroxylation sites is 1. The molecule has 5 rings (SSSR count). The number of anilines is 1. The number of likely N-dealkylation sites (tertiary alicyclic amines) is 1. The molecule has 2 fully saturated rings. The smallest absolute Gasteiger partial charge is 0.228 e. The molecule has 4 heterocycles. The largest absolute Gasteiger partial charge is 0.478 e. The predicted molar refractivity (Wildman–Crippen MR) is 120 cm³/mol. The Hall–Kier alpha value is -2.60. The summed E-state index contributed by atoms with van der Waals surface area (Å²) >= 11 is 0. The van der Waals surface area contributed by atoms with Gasteiger partial charge < -0.3 is 14.6 Å². The van der Waals surface area contributed by atoms with Gasteiger partial charge in [-0.05, 0) is 56.2 Å². The minimum Gasteiger partial charge on any atom is -0.478 e. The van der Waals surface area contributed by atoms with Gasteiger partial charge in [-0.25, -0.2) is 4.98 Å². The third-order valence-electron chi connectivity index (χ3n) is 6.83. The fourth-order valence-electron chi connectivity index (χ4n) is 5.25. The Morgan fingerprint density at radius 2 is 1.97 bits per heavy atom. The highest BCUT2D eigenvalue weighted by Gasteiger charge is 2.38. The van der Waals surface area contributed by atoms with Crippen LogP contribution in [0.15, 0.2) is 42.7 Å². The lowest BCUT2D eigenvalue weighted by atomic mass is 9.72. The lowest BCUT2D eigenvalue weighted by Gasteiger charge is -2.47. The van der Waals surface area contributed by atoms with Crippen LogP contribution in [-0.4, -0.2) is 52.6 Å². The van der Waals surface area contributed by atoms with Gasteiger partial charge in [0.25, 0.3) is 0 Å². The van der Waals surface area contributed by atoms with Gasteiger partial charge in [0.1, 0.15) is 0 Å². The van der Waals surface area contributed by atoms with Gasteiger partial charge in [0.2, 0.25) is 11.8 Å². The zero-order valence-electron chi connectivity index (χ0n) is 17.8. The van der Waals surface area contributed by atoms with Gasteiger partial charge in [-0.15, -0.1) is 0 Å². The number of nitrogens with zero attached hydrogens (tertiary/aromatic N) is 4. The number of piperidine rings is 2. The minimum atomic E-state index is 0.429. The Bertz CT molecular complexity index is 992. The molecule has 0 radical (unpaired) electrons. The van der Waals surface area contributed by atoms with Crippen LogP contribution in [0.5, 0.6) is 5.88 Å². The highest BCUT2D eigenvalue weighted by molar-refractivity contribution is 5.82. The maximum absolute atomic E-state index is 5.55. The fraction of sp³-hybridized carbons (Fsp3) is 0.500. The molecule has 6 heteroatoms. The summed E-state index contributed by atoms with van der Waals surface area (Å²) in [4.78, 5) is 17.5. The molecule has 0 amide bonds. The lowest BCUT2D eigenvalue weighted by molar-refractivity contribution is 0.0605. The molecule has 2 aliphatic heterocycles. The maximum atomic E-state index is 5.55. The number of aromatic amines is 1. The maximum Gasteiger partial charge on any atom is 0.228 e. The first-order valence-corrected chi connectivity index (χ1v) is 11.2. The van der Waals surface area contributed by atoms with Gasteiger partial charge in [0, 0.05) is 55.5 Å². The molecule has 0 unspecified atom stereocenters. The van der Waals surface area contributed by atoms with Crippen LogP contribution >= 0.6 is 0 Å². The quantitative estimate of drug-likeness (QED) is 0.688. The Labute approximate surface area is 178 Å². The van der Waals surface area contributed by atoms with E-state index in [0.717, 1.165) is 25.6 Å². The number of rotatable bonds is 5. The Morgan fingerprint density at radius 1 is 1.10 bits per heavy atom. The van der Waals surface area contributed by atoms with Gasteiger partial charge in [-0.1, -0.05) is 18.2 Å². The second-order valence-corrected chi connectivity index (χ2v) is 8.79. The minimum absolute atomic E-state index is 0.429. The zero-order valence-corrected chi connectivity index (χ0v) is 17.8. The monoisotopic (exact) mass is 405 g/mol. The van der Waals surface area contributed by atoms with Gasteiger partial charge in [0.05, 0.1) is 6.61 Å². The van der Waals surface area contributed by atoms with E-state index in [2.05, 4.69) is 55.2 Å². The predicted octanol–water partition coefficient (Wildman–Crippen LogP) is 4.24. The normalized spacial score (nSPS) is 19.4. The molecule has 30 heavy (non-hydrogen) atoms. The summed E-state index contributed by atoms with van der Waals surface area (Å²) in [6, 6.07) is 10.5. The van der Waals surface area contributed by atoms with Crippen molar-refractivity contribution in [1.29, 1.82) is 0 Å². The summed E-state index contributed by atoms with van der Waals surface area (Å²) in [5, 5.41) is 1.36. The number of benzene rings is 1. The van der Waals surface area contributed by atoms with Crippen LogP contribution in [0.4, 0.5) is 5.95 Å². The van der Waals surface area contributed by atoms with Crippen molar-refractivity contribution in [3.05, 3.63) is 48.3 Å². The van der Waals surface area contributed by atoms with E-state index in [1.165, 1.54) is 55.2 Å². The second-order valence-electron chi connectivity index (χ2n) is 8.79. The molecule has 2 saturated heterocycles. The van der Waals surface area contributed by atoms with E-state index >= 15 is 0 Å². The lowest BCUT2D eigenvalue weighted by Crippen LogP contribution is -2.49. The Morgan fingerprint density at radius 3 is 2.83 bits per heavy atom. The number of aromatic nitrogens is 3. The molecular formula is C24H31N5O. The molecule has 0 saturated carbocycles. The van der Waals surface area contributed by atoms with Crippen molar-refractivity contribution >= 4 is 16.9 Å². The van der Waals surface area contributed by atoms with Crippen molar-refractivity contribution in [3.63, 3.8) is 0 Å². The van der Waals surface area contributed by atoms with Crippen LogP contribution in [0.25, 0.3) is 10.9 Å². The van der Waals surface area contributed by atoms with E-state index in [4.69, 9.17) is 4.74 Å². The Balaban J connectivity index is 1.23. The van der Waals surface area contributed by atoms with Crippen molar-refractivity contribution in [2.24, 2.45) is 5.41 Å². The van der Waals surface area contributed by atoms with Crippen LogP contribution in [0, 0.1) is 5.41 Å². The summed E-state index contributed by atoms with van der Waals surface area (Å²) < 4.78 is 5.55. The number of hydrogen-bond acceptors (Lipinski definition) is 5. The third-order valence-corrected chi connectivity index (χ3v) is 6.83. The van der Waals surface area contributed by atoms with Gasteiger partial charge >= 0.3 is 0 Å². The highest BCUT2D eigenvalue weighted by atomic mass is 16.5. The molecule has 2 aliphatic rings. The van der Waals surface area contributed by atoms with E-state index in [0.29, 0.717) is 17.9 Å². The van der Waals surface area contributed by atoms with Crippen molar-refractivity contribution in [2.75, 3.05) is 37.7 Å². The molecule has 0 bridgehead atoms. The van der Waals surface area contributed by atoms with Crippen LogP contribution in [0.2, 0.25) is 0 Å². The first-order chi connectivity index (χ1) is 14.7. The number of nitrogens with one attached hydrogen (secondary N) is 1. The van der Waals surface area contributed by atoms with Gasteiger partial charge in [-0.3, -0.25) is 4.90 Å². The van der Waals surface area contributed by atoms with Gasteiger partial charge in [-0.2, -0.15) is 4.98 Å². The van der Waals surface area contributed by atoms with E-state index in [1.54, 1.807) is 6.20 Å². The SMILES string of the molecule is CCOc1ccnc(N2CCC3(CCCN(Cc4c[nH]c5ccccc45)C3)CC2)n1. The van der Waals surface area contributed by atoms with Crippen LogP contribution < -0.4 is 9.64 Å². The number of hydrogen-bond donors (Lipinski definition) is 1. The molecule has 0 aliphatic carbocycles. The summed E-state index contributed by atoms with van der Waals surface area (Å²) in [5.41, 5.74) is 3.08. The van der Waals surface area contributed by atoms with E-state index in [-0.39, 0.29) is 0 Å². The van der Waals surface area contributed by atoms with Crippen molar-refractivity contribution in [3.8, 4) is 5.88 Å². The van der Waals surface area contributed by atoms with Crippen LogP contribution in [0.1, 0.15) is 38.2 Å².